The third kappa shape index (κ3) is 4.00. The van der Waals surface area contributed by atoms with Crippen molar-refractivity contribution in [3.05, 3.63) is 33.1 Å². The maximum Gasteiger partial charge on any atom is 0.330 e. The lowest BCUT2D eigenvalue weighted by Gasteiger charge is -2.20. The minimum Gasteiger partial charge on any atom is -0.387 e. The summed E-state index contributed by atoms with van der Waals surface area (Å²) >= 11 is 0. The van der Waals surface area contributed by atoms with E-state index in [0.717, 1.165) is 16.8 Å². The summed E-state index contributed by atoms with van der Waals surface area (Å²) < 4.78 is 17.0. The SMILES string of the molecule is O=CNC[C@H]1O[C@@H](OC[C@H]2O[C@@H](n3ccc(=O)[nH]c3=O)[C@H](O)[C@@H]2O)[C@H](O)[C@@H]1O. The van der Waals surface area contributed by atoms with Gasteiger partial charge in [0.2, 0.25) is 6.41 Å². The van der Waals surface area contributed by atoms with Gasteiger partial charge in [0.15, 0.2) is 12.5 Å². The Bertz CT molecular complexity index is 797. The molecular weight excluding hydrogens is 382 g/mol. The average Bonchev–Trinajstić information content (AvgIpc) is 3.09. The molecule has 1 aromatic rings. The highest BCUT2D eigenvalue weighted by Crippen LogP contribution is 2.29. The predicted octanol–water partition coefficient (Wildman–Crippen LogP) is -4.63. The molecular formula is C15H21N3O10. The summed E-state index contributed by atoms with van der Waals surface area (Å²) in [6.45, 7) is -0.380. The fraction of sp³-hybridized carbons (Fsp3) is 0.667. The Kier molecular flexibility index (Phi) is 6.24. The van der Waals surface area contributed by atoms with Crippen LogP contribution in [0, 0.1) is 0 Å². The van der Waals surface area contributed by atoms with Crippen molar-refractivity contribution >= 4 is 6.41 Å². The number of aromatic nitrogens is 2. The number of hydrogen-bond acceptors (Lipinski definition) is 10. The highest BCUT2D eigenvalue weighted by atomic mass is 16.7. The molecule has 2 aliphatic rings. The standard InChI is InChI=1S/C15H21N3O10/c19-5-16-3-6-9(21)12(24)14(28-6)26-4-7-10(22)11(23)13(27-7)18-2-1-8(20)17-15(18)25/h1-2,5-7,9-14,21-24H,3-4H2,(H,16,19)(H,17,20,25)/t6-,7-,9-,10-,11-,12-,13-,14-/m1/s1. The Balaban J connectivity index is 1.61. The van der Waals surface area contributed by atoms with E-state index >= 15 is 0 Å². The van der Waals surface area contributed by atoms with Gasteiger partial charge in [-0.05, 0) is 0 Å². The first-order valence-electron chi connectivity index (χ1n) is 8.46. The number of nitrogens with zero attached hydrogens (tertiary/aromatic N) is 1. The Morgan fingerprint density at radius 1 is 1.11 bits per heavy atom. The third-order valence-electron chi connectivity index (χ3n) is 4.61. The van der Waals surface area contributed by atoms with Crippen LogP contribution in [0.3, 0.4) is 0 Å². The molecule has 1 aromatic heterocycles. The van der Waals surface area contributed by atoms with E-state index in [9.17, 15) is 34.8 Å². The summed E-state index contributed by atoms with van der Waals surface area (Å²) in [5.74, 6) is 0. The van der Waals surface area contributed by atoms with Crippen molar-refractivity contribution in [1.82, 2.24) is 14.9 Å². The van der Waals surface area contributed by atoms with Crippen LogP contribution < -0.4 is 16.6 Å². The number of aliphatic hydroxyl groups is 4. The fourth-order valence-corrected chi connectivity index (χ4v) is 3.10. The molecule has 28 heavy (non-hydrogen) atoms. The van der Waals surface area contributed by atoms with E-state index in [0.29, 0.717) is 6.41 Å². The van der Waals surface area contributed by atoms with Gasteiger partial charge in [0.1, 0.15) is 36.6 Å². The summed E-state index contributed by atoms with van der Waals surface area (Å²) in [6.07, 6.45) is -8.58. The minimum atomic E-state index is -1.48. The molecule has 2 fully saturated rings. The van der Waals surface area contributed by atoms with Gasteiger partial charge in [-0.25, -0.2) is 4.79 Å². The Morgan fingerprint density at radius 3 is 2.50 bits per heavy atom. The summed E-state index contributed by atoms with van der Waals surface area (Å²) in [6, 6.07) is 1.06. The highest BCUT2D eigenvalue weighted by molar-refractivity contribution is 5.45. The molecule has 3 rings (SSSR count). The van der Waals surface area contributed by atoms with Crippen molar-refractivity contribution in [2.45, 2.75) is 49.1 Å². The second-order valence-corrected chi connectivity index (χ2v) is 6.45. The molecule has 13 heteroatoms. The van der Waals surface area contributed by atoms with Crippen molar-refractivity contribution in [3.8, 4) is 0 Å². The summed E-state index contributed by atoms with van der Waals surface area (Å²) in [7, 11) is 0. The maximum atomic E-state index is 11.8. The van der Waals surface area contributed by atoms with Gasteiger partial charge in [0.05, 0.1) is 6.61 Å². The van der Waals surface area contributed by atoms with E-state index in [1.54, 1.807) is 0 Å². The van der Waals surface area contributed by atoms with Crippen molar-refractivity contribution in [1.29, 1.82) is 0 Å². The molecule has 6 N–H and O–H groups in total. The van der Waals surface area contributed by atoms with E-state index in [-0.39, 0.29) is 13.2 Å². The van der Waals surface area contributed by atoms with E-state index in [4.69, 9.17) is 14.2 Å². The van der Waals surface area contributed by atoms with Gasteiger partial charge in [0, 0.05) is 18.8 Å². The van der Waals surface area contributed by atoms with E-state index in [1.165, 1.54) is 0 Å². The lowest BCUT2D eigenvalue weighted by atomic mass is 10.1. The zero-order valence-corrected chi connectivity index (χ0v) is 14.5. The van der Waals surface area contributed by atoms with Gasteiger partial charge in [-0.15, -0.1) is 0 Å². The van der Waals surface area contributed by atoms with Crippen LogP contribution in [-0.2, 0) is 19.0 Å². The van der Waals surface area contributed by atoms with Crippen LogP contribution in [0.2, 0.25) is 0 Å². The molecule has 1 amide bonds. The number of aromatic amines is 1. The second kappa shape index (κ2) is 8.48. The normalized spacial score (nSPS) is 37.9. The molecule has 3 heterocycles. The molecule has 0 radical (unpaired) electrons. The van der Waals surface area contributed by atoms with Crippen LogP contribution in [0.15, 0.2) is 21.9 Å². The summed E-state index contributed by atoms with van der Waals surface area (Å²) in [5, 5.41) is 42.5. The molecule has 0 unspecified atom stereocenters. The number of carbonyl (C=O) groups is 1. The minimum absolute atomic E-state index is 0.0416. The molecule has 0 saturated carbocycles. The third-order valence-corrected chi connectivity index (χ3v) is 4.61. The van der Waals surface area contributed by atoms with Gasteiger partial charge >= 0.3 is 5.69 Å². The lowest BCUT2D eigenvalue weighted by Crippen LogP contribution is -2.39. The molecule has 156 valence electrons. The largest absolute Gasteiger partial charge is 0.387 e. The van der Waals surface area contributed by atoms with Crippen molar-refractivity contribution in [2.75, 3.05) is 13.2 Å². The number of rotatable bonds is 7. The Hall–Kier alpha value is -2.13. The van der Waals surface area contributed by atoms with Crippen LogP contribution in [0.5, 0.6) is 0 Å². The van der Waals surface area contributed by atoms with Crippen molar-refractivity contribution in [2.24, 2.45) is 0 Å². The summed E-state index contributed by atoms with van der Waals surface area (Å²) in [4.78, 5) is 35.3. The number of ether oxygens (including phenoxy) is 3. The number of amides is 1. The average molecular weight is 403 g/mol. The smallest absolute Gasteiger partial charge is 0.330 e. The quantitative estimate of drug-likeness (QED) is 0.241. The summed E-state index contributed by atoms with van der Waals surface area (Å²) in [5.41, 5.74) is -1.45. The molecule has 8 atom stereocenters. The van der Waals surface area contributed by atoms with Crippen LogP contribution in [0.25, 0.3) is 0 Å². The fourth-order valence-electron chi connectivity index (χ4n) is 3.10. The van der Waals surface area contributed by atoms with Gasteiger partial charge < -0.3 is 40.0 Å². The van der Waals surface area contributed by atoms with Gasteiger partial charge in [-0.3, -0.25) is 19.1 Å². The Labute approximate surface area is 157 Å². The monoisotopic (exact) mass is 403 g/mol. The zero-order chi connectivity index (χ0) is 20.4. The van der Waals surface area contributed by atoms with Crippen molar-refractivity contribution < 1.29 is 39.4 Å². The van der Waals surface area contributed by atoms with Gasteiger partial charge in [-0.1, -0.05) is 0 Å². The molecule has 2 saturated heterocycles. The molecule has 0 aliphatic carbocycles. The van der Waals surface area contributed by atoms with Crippen molar-refractivity contribution in [3.63, 3.8) is 0 Å². The number of carbonyl (C=O) groups excluding carboxylic acids is 1. The van der Waals surface area contributed by atoms with Gasteiger partial charge in [0.25, 0.3) is 5.56 Å². The van der Waals surface area contributed by atoms with Crippen LogP contribution >= 0.6 is 0 Å². The van der Waals surface area contributed by atoms with Crippen LogP contribution in [0.4, 0.5) is 0 Å². The number of aliphatic hydroxyl groups excluding tert-OH is 4. The zero-order valence-electron chi connectivity index (χ0n) is 14.5. The second-order valence-electron chi connectivity index (χ2n) is 6.45. The lowest BCUT2D eigenvalue weighted by molar-refractivity contribution is -0.187. The van der Waals surface area contributed by atoms with E-state index < -0.39 is 60.4 Å². The van der Waals surface area contributed by atoms with Gasteiger partial charge in [-0.2, -0.15) is 0 Å². The molecule has 2 aliphatic heterocycles. The van der Waals surface area contributed by atoms with Crippen LogP contribution in [0.1, 0.15) is 6.23 Å². The molecule has 13 nitrogen and oxygen atoms in total. The van der Waals surface area contributed by atoms with E-state index in [2.05, 4.69) is 5.32 Å². The first-order chi connectivity index (χ1) is 13.3. The van der Waals surface area contributed by atoms with Crippen LogP contribution in [-0.4, -0.2) is 92.5 Å². The molecule has 0 spiro atoms. The number of nitrogens with one attached hydrogen (secondary N) is 2. The first-order valence-corrected chi connectivity index (χ1v) is 8.46. The molecule has 0 bridgehead atoms. The number of H-pyrrole nitrogens is 1. The molecule has 0 aromatic carbocycles. The van der Waals surface area contributed by atoms with E-state index in [1.807, 2.05) is 4.98 Å². The first kappa shape index (κ1) is 20.6. The highest BCUT2D eigenvalue weighted by Gasteiger charge is 2.47. The predicted molar refractivity (Wildman–Crippen MR) is 87.9 cm³/mol. The number of hydrogen-bond donors (Lipinski definition) is 6. The Morgan fingerprint density at radius 2 is 1.82 bits per heavy atom. The topological polar surface area (TPSA) is 193 Å². The maximum absolute atomic E-state index is 11.8.